The third-order valence-electron chi connectivity index (χ3n) is 7.73. The molecule has 1 saturated heterocycles. The number of hydrogen-bond acceptors (Lipinski definition) is 7. The molecular weight excluding hydrogens is 524 g/mol. The molecule has 39 heavy (non-hydrogen) atoms. The summed E-state index contributed by atoms with van der Waals surface area (Å²) in [5.74, 6) is -1.72. The molecule has 3 aliphatic rings. The number of fused-ring (bicyclic) bond motifs is 1. The summed E-state index contributed by atoms with van der Waals surface area (Å²) < 4.78 is 32.3. The number of hydrogen-bond donors (Lipinski definition) is 3. The summed E-state index contributed by atoms with van der Waals surface area (Å²) in [4.78, 5) is 54.6. The second-order valence-electron chi connectivity index (χ2n) is 12.1. The first-order valence-corrected chi connectivity index (χ1v) is 15.5. The Morgan fingerprint density at radius 1 is 1.13 bits per heavy atom. The van der Waals surface area contributed by atoms with Crippen molar-refractivity contribution in [3.05, 3.63) is 12.2 Å². The number of rotatable bonds is 5. The van der Waals surface area contributed by atoms with Crippen molar-refractivity contribution in [2.75, 3.05) is 6.54 Å². The molecule has 1 saturated carbocycles. The Balaban J connectivity index is 1.87. The Hall–Kier alpha value is -2.63. The summed E-state index contributed by atoms with van der Waals surface area (Å²) in [6.45, 7) is 8.84. The summed E-state index contributed by atoms with van der Waals surface area (Å²) in [7, 11) is -3.92. The third kappa shape index (κ3) is 7.52. The number of carbonyl (C=O) groups is 4. The van der Waals surface area contributed by atoms with Gasteiger partial charge in [-0.15, -0.1) is 0 Å². The molecule has 12 heteroatoms. The zero-order valence-electron chi connectivity index (χ0n) is 23.8. The minimum atomic E-state index is -3.92. The average Bonchev–Trinajstić information content (AvgIpc) is 3.41. The van der Waals surface area contributed by atoms with E-state index < -0.39 is 55.9 Å². The van der Waals surface area contributed by atoms with E-state index in [1.54, 1.807) is 46.8 Å². The van der Waals surface area contributed by atoms with Crippen LogP contribution in [0.25, 0.3) is 0 Å². The van der Waals surface area contributed by atoms with Crippen LogP contribution in [0.15, 0.2) is 12.2 Å². The van der Waals surface area contributed by atoms with Gasteiger partial charge in [-0.05, 0) is 79.1 Å². The van der Waals surface area contributed by atoms with Crippen molar-refractivity contribution in [1.82, 2.24) is 20.3 Å². The molecule has 3 rings (SSSR count). The Kier molecular flexibility index (Phi) is 9.39. The second kappa shape index (κ2) is 11.9. The quantitative estimate of drug-likeness (QED) is 0.431. The molecule has 2 heterocycles. The van der Waals surface area contributed by atoms with Crippen LogP contribution < -0.4 is 15.4 Å². The monoisotopic (exact) mass is 568 g/mol. The molecule has 0 spiro atoms. The molecule has 2 fully saturated rings. The molecule has 3 N–H and O–H groups in total. The highest BCUT2D eigenvalue weighted by Gasteiger charge is 2.52. The highest BCUT2D eigenvalue weighted by atomic mass is 32.2. The molecule has 11 nitrogen and oxygen atoms in total. The molecule has 0 aromatic carbocycles. The van der Waals surface area contributed by atoms with Crippen LogP contribution in [0.1, 0.15) is 98.8 Å². The topological polar surface area (TPSA) is 151 Å². The van der Waals surface area contributed by atoms with Crippen LogP contribution in [-0.4, -0.2) is 71.6 Å². The average molecular weight is 569 g/mol. The van der Waals surface area contributed by atoms with Crippen LogP contribution >= 0.6 is 0 Å². The lowest BCUT2D eigenvalue weighted by atomic mass is 9.92. The van der Waals surface area contributed by atoms with Gasteiger partial charge < -0.3 is 20.3 Å². The minimum absolute atomic E-state index is 0.122. The highest BCUT2D eigenvalue weighted by molar-refractivity contribution is 7.91. The van der Waals surface area contributed by atoms with Gasteiger partial charge in [0.25, 0.3) is 5.91 Å². The molecule has 4 amide bonds. The fourth-order valence-corrected chi connectivity index (χ4v) is 6.22. The van der Waals surface area contributed by atoms with E-state index in [4.69, 9.17) is 4.74 Å². The molecule has 1 aliphatic carbocycles. The van der Waals surface area contributed by atoms with E-state index in [2.05, 4.69) is 15.4 Å². The van der Waals surface area contributed by atoms with E-state index in [-0.39, 0.29) is 12.3 Å². The van der Waals surface area contributed by atoms with Crippen molar-refractivity contribution in [3.8, 4) is 0 Å². The lowest BCUT2D eigenvalue weighted by Crippen LogP contribution is -2.62. The van der Waals surface area contributed by atoms with Gasteiger partial charge in [0, 0.05) is 6.54 Å². The Labute approximate surface area is 231 Å². The van der Waals surface area contributed by atoms with Crippen molar-refractivity contribution in [3.63, 3.8) is 0 Å². The van der Waals surface area contributed by atoms with E-state index in [9.17, 15) is 27.6 Å². The molecule has 0 aromatic heterocycles. The zero-order valence-corrected chi connectivity index (χ0v) is 24.6. The Morgan fingerprint density at radius 2 is 1.82 bits per heavy atom. The molecular formula is C27H44N4O7S. The Bertz CT molecular complexity index is 1090. The smallest absolute Gasteiger partial charge is 0.408 e. The molecule has 2 aliphatic heterocycles. The van der Waals surface area contributed by atoms with E-state index in [0.717, 1.165) is 12.8 Å². The van der Waals surface area contributed by atoms with Gasteiger partial charge in [-0.2, -0.15) is 0 Å². The molecule has 3 atom stereocenters. The van der Waals surface area contributed by atoms with Crippen LogP contribution in [0.2, 0.25) is 0 Å². The van der Waals surface area contributed by atoms with Gasteiger partial charge in [0.1, 0.15) is 23.2 Å². The largest absolute Gasteiger partial charge is 0.444 e. The lowest BCUT2D eigenvalue weighted by molar-refractivity contribution is -0.141. The summed E-state index contributed by atoms with van der Waals surface area (Å²) in [6, 6.07) is -1.71. The summed E-state index contributed by atoms with van der Waals surface area (Å²) in [5, 5.41) is 5.49. The van der Waals surface area contributed by atoms with Crippen LogP contribution in [0, 0.1) is 0 Å². The SMILES string of the molecule is CC[C@]1(C(=O)NS(=O)(=O)C2(C)CC2)/C=C\CCCCC[C@H](NC(=O)OC(C)(C)C)C(=O)N2CCC[C@H]2C(=O)N1. The second-order valence-corrected chi connectivity index (χ2v) is 14.3. The van der Waals surface area contributed by atoms with Gasteiger partial charge in [0.2, 0.25) is 21.8 Å². The lowest BCUT2D eigenvalue weighted by Gasteiger charge is -2.34. The maximum atomic E-state index is 13.6. The summed E-state index contributed by atoms with van der Waals surface area (Å²) in [6.07, 6.45) is 7.92. The summed E-state index contributed by atoms with van der Waals surface area (Å²) in [5.41, 5.74) is -2.32. The van der Waals surface area contributed by atoms with Gasteiger partial charge in [0.15, 0.2) is 0 Å². The maximum absolute atomic E-state index is 13.6. The number of carbonyl (C=O) groups excluding carboxylic acids is 4. The van der Waals surface area contributed by atoms with Crippen LogP contribution in [0.3, 0.4) is 0 Å². The molecule has 0 aromatic rings. The molecule has 0 bridgehead atoms. The first-order chi connectivity index (χ1) is 18.1. The van der Waals surface area contributed by atoms with Crippen LogP contribution in [-0.2, 0) is 29.1 Å². The first kappa shape index (κ1) is 30.9. The zero-order chi connectivity index (χ0) is 29.1. The van der Waals surface area contributed by atoms with E-state index >= 15 is 0 Å². The highest BCUT2D eigenvalue weighted by Crippen LogP contribution is 2.42. The number of allylic oxidation sites excluding steroid dienone is 1. The van der Waals surface area contributed by atoms with Crippen molar-refractivity contribution in [2.45, 2.75) is 127 Å². The number of alkyl carbamates (subject to hydrolysis) is 1. The standard InChI is InChI=1S/C27H44N4O7S/c1-6-27(23(34)30-39(36,37)26(5)16-17-26)15-11-9-7-8-10-13-19(28-24(35)38-25(2,3)4)22(33)31-18-12-14-20(31)21(32)29-27/h11,15,19-20H,6-10,12-14,16-18H2,1-5H3,(H,28,35)(H,29,32)(H,30,34)/b15-11-/t19-,20-,27+/m0/s1. The minimum Gasteiger partial charge on any atom is -0.444 e. The third-order valence-corrected chi connectivity index (χ3v) is 9.89. The maximum Gasteiger partial charge on any atom is 0.408 e. The fraction of sp³-hybridized carbons (Fsp3) is 0.778. The van der Waals surface area contributed by atoms with Crippen LogP contribution in [0.4, 0.5) is 4.79 Å². The van der Waals surface area contributed by atoms with Crippen molar-refractivity contribution < 1.29 is 32.3 Å². The Morgan fingerprint density at radius 3 is 2.44 bits per heavy atom. The predicted octanol–water partition coefficient (Wildman–Crippen LogP) is 2.65. The number of ether oxygens (including phenoxy) is 1. The van der Waals surface area contributed by atoms with Gasteiger partial charge in [-0.25, -0.2) is 13.2 Å². The van der Waals surface area contributed by atoms with Crippen LogP contribution in [0.5, 0.6) is 0 Å². The normalized spacial score (nSPS) is 28.9. The van der Waals surface area contributed by atoms with Crippen molar-refractivity contribution in [2.24, 2.45) is 0 Å². The van der Waals surface area contributed by atoms with Crippen molar-refractivity contribution in [1.29, 1.82) is 0 Å². The van der Waals surface area contributed by atoms with E-state index in [0.29, 0.717) is 51.5 Å². The molecule has 220 valence electrons. The van der Waals surface area contributed by atoms with Gasteiger partial charge >= 0.3 is 6.09 Å². The number of nitrogens with zero attached hydrogens (tertiary/aromatic N) is 1. The summed E-state index contributed by atoms with van der Waals surface area (Å²) >= 11 is 0. The molecule has 0 unspecified atom stereocenters. The van der Waals surface area contributed by atoms with E-state index in [1.165, 1.54) is 4.90 Å². The predicted molar refractivity (Wildman–Crippen MR) is 146 cm³/mol. The van der Waals surface area contributed by atoms with E-state index in [1.807, 2.05) is 0 Å². The van der Waals surface area contributed by atoms with Crippen molar-refractivity contribution >= 4 is 33.8 Å². The van der Waals surface area contributed by atoms with Gasteiger partial charge in [-0.3, -0.25) is 19.1 Å². The van der Waals surface area contributed by atoms with Gasteiger partial charge in [0.05, 0.1) is 4.75 Å². The molecule has 0 radical (unpaired) electrons. The number of amides is 4. The fourth-order valence-electron chi connectivity index (χ4n) is 4.91. The first-order valence-electron chi connectivity index (χ1n) is 14.0. The van der Waals surface area contributed by atoms with Gasteiger partial charge in [-0.1, -0.05) is 31.9 Å². The number of sulfonamides is 1. The number of nitrogens with one attached hydrogen (secondary N) is 3.